The summed E-state index contributed by atoms with van der Waals surface area (Å²) in [7, 11) is 0. The molecule has 2 aromatic rings. The number of amides is 1. The highest BCUT2D eigenvalue weighted by Crippen LogP contribution is 2.46. The van der Waals surface area contributed by atoms with Gasteiger partial charge in [0, 0.05) is 13.1 Å². The van der Waals surface area contributed by atoms with Crippen LogP contribution in [0.25, 0.3) is 0 Å². The predicted molar refractivity (Wildman–Crippen MR) is 96.3 cm³/mol. The Kier molecular flexibility index (Phi) is 4.10. The van der Waals surface area contributed by atoms with Crippen LogP contribution in [-0.4, -0.2) is 38.7 Å². The zero-order valence-electron chi connectivity index (χ0n) is 15.1. The maximum Gasteiger partial charge on any atom is 0.233 e. The molecule has 1 aromatic heterocycles. The van der Waals surface area contributed by atoms with Gasteiger partial charge in [0.15, 0.2) is 0 Å². The second kappa shape index (κ2) is 6.28. The van der Waals surface area contributed by atoms with Gasteiger partial charge in [-0.05, 0) is 45.1 Å². The van der Waals surface area contributed by atoms with E-state index in [0.29, 0.717) is 5.91 Å². The summed E-state index contributed by atoms with van der Waals surface area (Å²) >= 11 is 0. The number of hydrogen-bond donors (Lipinski definition) is 0. The van der Waals surface area contributed by atoms with E-state index in [0.717, 1.165) is 45.2 Å². The number of benzene rings is 1. The number of likely N-dealkylation sites (tertiary alicyclic amines) is 1. The second-order valence-electron chi connectivity index (χ2n) is 7.73. The molecule has 1 aliphatic heterocycles. The number of rotatable bonds is 3. The Hall–Kier alpha value is -2.17. The van der Waals surface area contributed by atoms with Crippen LogP contribution in [0.4, 0.5) is 0 Å². The fourth-order valence-corrected chi connectivity index (χ4v) is 4.47. The molecule has 25 heavy (non-hydrogen) atoms. The average Bonchev–Trinajstić information content (AvgIpc) is 3.07. The Morgan fingerprint density at radius 3 is 2.52 bits per heavy atom. The quantitative estimate of drug-likeness (QED) is 0.864. The van der Waals surface area contributed by atoms with Crippen molar-refractivity contribution in [1.29, 1.82) is 0 Å². The predicted octanol–water partition coefficient (Wildman–Crippen LogP) is 3.18. The van der Waals surface area contributed by atoms with Gasteiger partial charge in [0.2, 0.25) is 5.91 Å². The number of piperidine rings is 1. The van der Waals surface area contributed by atoms with Crippen molar-refractivity contribution in [3.63, 3.8) is 0 Å². The Morgan fingerprint density at radius 1 is 1.16 bits per heavy atom. The van der Waals surface area contributed by atoms with E-state index in [1.807, 2.05) is 4.68 Å². The Morgan fingerprint density at radius 2 is 1.92 bits per heavy atom. The van der Waals surface area contributed by atoms with Crippen LogP contribution in [0, 0.1) is 13.8 Å². The molecule has 1 saturated heterocycles. The van der Waals surface area contributed by atoms with E-state index in [1.165, 1.54) is 16.7 Å². The van der Waals surface area contributed by atoms with Gasteiger partial charge in [0.1, 0.15) is 12.7 Å². The summed E-state index contributed by atoms with van der Waals surface area (Å²) in [4.78, 5) is 19.7. The van der Waals surface area contributed by atoms with Crippen LogP contribution in [0.5, 0.6) is 0 Å². The summed E-state index contributed by atoms with van der Waals surface area (Å²) in [5, 5.41) is 4.28. The van der Waals surface area contributed by atoms with Crippen LogP contribution >= 0.6 is 0 Å². The van der Waals surface area contributed by atoms with Crippen molar-refractivity contribution >= 4 is 5.91 Å². The standard InChI is InChI=1S/C20H26N4O/c1-15-9-16(2)11-17(10-15)20(6-4-7-20)19(25)23-8-3-5-18(12-23)24-14-21-13-22-24/h9-11,13-14,18H,3-8,12H2,1-2H3/t18-/m0/s1. The van der Waals surface area contributed by atoms with Gasteiger partial charge in [-0.3, -0.25) is 4.79 Å². The molecule has 0 spiro atoms. The van der Waals surface area contributed by atoms with Crippen molar-refractivity contribution < 1.29 is 4.79 Å². The largest absolute Gasteiger partial charge is 0.340 e. The van der Waals surface area contributed by atoms with Gasteiger partial charge in [0.25, 0.3) is 0 Å². The van der Waals surface area contributed by atoms with E-state index in [4.69, 9.17) is 0 Å². The molecule has 2 heterocycles. The molecule has 4 rings (SSSR count). The van der Waals surface area contributed by atoms with Crippen LogP contribution in [-0.2, 0) is 10.2 Å². The first kappa shape index (κ1) is 16.3. The summed E-state index contributed by atoms with van der Waals surface area (Å²) in [6, 6.07) is 6.85. The molecule has 2 fully saturated rings. The summed E-state index contributed by atoms with van der Waals surface area (Å²) in [5.74, 6) is 0.313. The maximum atomic E-state index is 13.5. The molecule has 0 unspecified atom stereocenters. The number of carbonyl (C=O) groups excluding carboxylic acids is 1. The van der Waals surface area contributed by atoms with Crippen molar-refractivity contribution in [3.05, 3.63) is 47.5 Å². The van der Waals surface area contributed by atoms with Gasteiger partial charge >= 0.3 is 0 Å². The van der Waals surface area contributed by atoms with Crippen LogP contribution in [0.2, 0.25) is 0 Å². The van der Waals surface area contributed by atoms with E-state index >= 15 is 0 Å². The summed E-state index contributed by atoms with van der Waals surface area (Å²) in [6.45, 7) is 5.84. The monoisotopic (exact) mass is 338 g/mol. The fraction of sp³-hybridized carbons (Fsp3) is 0.550. The molecule has 5 nitrogen and oxygen atoms in total. The Balaban J connectivity index is 1.59. The minimum atomic E-state index is -0.305. The van der Waals surface area contributed by atoms with Crippen LogP contribution in [0.15, 0.2) is 30.9 Å². The zero-order chi connectivity index (χ0) is 17.4. The number of carbonyl (C=O) groups is 1. The van der Waals surface area contributed by atoms with Gasteiger partial charge in [-0.2, -0.15) is 5.10 Å². The van der Waals surface area contributed by atoms with Crippen molar-refractivity contribution in [2.45, 2.75) is 57.4 Å². The molecular formula is C20H26N4O. The first-order valence-corrected chi connectivity index (χ1v) is 9.31. The van der Waals surface area contributed by atoms with Gasteiger partial charge in [-0.25, -0.2) is 9.67 Å². The van der Waals surface area contributed by atoms with Crippen LogP contribution in [0.1, 0.15) is 54.8 Å². The fourth-order valence-electron chi connectivity index (χ4n) is 4.47. The average molecular weight is 338 g/mol. The van der Waals surface area contributed by atoms with E-state index < -0.39 is 0 Å². The first-order valence-electron chi connectivity index (χ1n) is 9.31. The molecular weight excluding hydrogens is 312 g/mol. The highest BCUT2D eigenvalue weighted by atomic mass is 16.2. The van der Waals surface area contributed by atoms with Gasteiger partial charge < -0.3 is 4.90 Å². The summed E-state index contributed by atoms with van der Waals surface area (Å²) < 4.78 is 1.91. The van der Waals surface area contributed by atoms with Gasteiger partial charge in [-0.1, -0.05) is 35.7 Å². The molecule has 1 aromatic carbocycles. The smallest absolute Gasteiger partial charge is 0.233 e. The summed E-state index contributed by atoms with van der Waals surface area (Å²) in [5.41, 5.74) is 3.40. The van der Waals surface area contributed by atoms with Crippen molar-refractivity contribution in [3.8, 4) is 0 Å². The third kappa shape index (κ3) is 2.86. The molecule has 1 saturated carbocycles. The Bertz CT molecular complexity index is 744. The lowest BCUT2D eigenvalue weighted by Crippen LogP contribution is -2.53. The molecule has 0 radical (unpaired) electrons. The van der Waals surface area contributed by atoms with E-state index in [2.05, 4.69) is 47.0 Å². The Labute approximate surface area is 149 Å². The molecule has 1 atom stereocenters. The maximum absolute atomic E-state index is 13.5. The number of aryl methyl sites for hydroxylation is 2. The number of aromatic nitrogens is 3. The van der Waals surface area contributed by atoms with Gasteiger partial charge in [0.05, 0.1) is 11.5 Å². The lowest BCUT2D eigenvalue weighted by atomic mass is 9.63. The lowest BCUT2D eigenvalue weighted by molar-refractivity contribution is -0.142. The zero-order valence-corrected chi connectivity index (χ0v) is 15.1. The molecule has 2 aliphatic rings. The van der Waals surface area contributed by atoms with Crippen molar-refractivity contribution in [2.75, 3.05) is 13.1 Å². The third-order valence-corrected chi connectivity index (χ3v) is 5.89. The molecule has 132 valence electrons. The van der Waals surface area contributed by atoms with Gasteiger partial charge in [-0.15, -0.1) is 0 Å². The minimum Gasteiger partial charge on any atom is -0.340 e. The first-order chi connectivity index (χ1) is 12.1. The van der Waals surface area contributed by atoms with Crippen LogP contribution < -0.4 is 0 Å². The molecule has 1 aliphatic carbocycles. The second-order valence-corrected chi connectivity index (χ2v) is 7.73. The van der Waals surface area contributed by atoms with E-state index in [1.54, 1.807) is 12.7 Å². The third-order valence-electron chi connectivity index (χ3n) is 5.89. The number of hydrogen-bond acceptors (Lipinski definition) is 3. The summed E-state index contributed by atoms with van der Waals surface area (Å²) in [6.07, 6.45) is 8.51. The van der Waals surface area contributed by atoms with E-state index in [-0.39, 0.29) is 11.5 Å². The van der Waals surface area contributed by atoms with E-state index in [9.17, 15) is 4.79 Å². The molecule has 0 N–H and O–H groups in total. The lowest BCUT2D eigenvalue weighted by Gasteiger charge is -2.46. The highest BCUT2D eigenvalue weighted by molar-refractivity contribution is 5.89. The number of nitrogens with zero attached hydrogens (tertiary/aromatic N) is 4. The topological polar surface area (TPSA) is 51.0 Å². The van der Waals surface area contributed by atoms with Crippen molar-refractivity contribution in [1.82, 2.24) is 19.7 Å². The normalized spacial score (nSPS) is 22.5. The molecule has 1 amide bonds. The van der Waals surface area contributed by atoms with Crippen LogP contribution in [0.3, 0.4) is 0 Å². The minimum absolute atomic E-state index is 0.247. The highest BCUT2D eigenvalue weighted by Gasteiger charge is 2.48. The molecule has 0 bridgehead atoms. The molecule has 5 heteroatoms. The van der Waals surface area contributed by atoms with Crippen molar-refractivity contribution in [2.24, 2.45) is 0 Å². The SMILES string of the molecule is Cc1cc(C)cc(C2(C(=O)N3CCC[C@H](n4cncn4)C3)CCC2)c1.